The Hall–Kier alpha value is -2.89. The lowest BCUT2D eigenvalue weighted by Gasteiger charge is -2.26. The number of aryl methyl sites for hydroxylation is 1. The number of amides is 1. The zero-order valence-corrected chi connectivity index (χ0v) is 19.3. The molecule has 3 N–H and O–H groups in total. The van der Waals surface area contributed by atoms with Gasteiger partial charge in [0.05, 0.1) is 17.4 Å². The van der Waals surface area contributed by atoms with Crippen LogP contribution in [0.4, 0.5) is 30.6 Å². The highest BCUT2D eigenvalue weighted by Gasteiger charge is 2.35. The molecule has 2 aliphatic heterocycles. The van der Waals surface area contributed by atoms with Crippen molar-refractivity contribution in [1.29, 1.82) is 0 Å². The highest BCUT2D eigenvalue weighted by molar-refractivity contribution is 5.76. The molecule has 4 heterocycles. The lowest BCUT2D eigenvalue weighted by Crippen LogP contribution is -2.36. The van der Waals surface area contributed by atoms with Gasteiger partial charge in [0, 0.05) is 38.4 Å². The van der Waals surface area contributed by atoms with Gasteiger partial charge in [0.1, 0.15) is 11.4 Å². The molecule has 2 fully saturated rings. The molecule has 12 heteroatoms. The molecule has 2 aromatic rings. The zero-order valence-electron chi connectivity index (χ0n) is 19.3. The van der Waals surface area contributed by atoms with Gasteiger partial charge in [0.25, 0.3) is 0 Å². The van der Waals surface area contributed by atoms with Gasteiger partial charge in [-0.3, -0.25) is 9.48 Å². The molecule has 0 unspecified atom stereocenters. The summed E-state index contributed by atoms with van der Waals surface area (Å²) in [5.74, 6) is -0.107. The van der Waals surface area contributed by atoms with Gasteiger partial charge < -0.3 is 20.9 Å². The van der Waals surface area contributed by atoms with E-state index in [0.29, 0.717) is 31.6 Å². The topological polar surface area (TPSA) is 100 Å². The summed E-state index contributed by atoms with van der Waals surface area (Å²) >= 11 is 0. The van der Waals surface area contributed by atoms with Crippen LogP contribution in [0.5, 0.6) is 0 Å². The molecule has 0 spiro atoms. The first-order valence-electron chi connectivity index (χ1n) is 11.8. The van der Waals surface area contributed by atoms with Crippen LogP contribution in [0.2, 0.25) is 0 Å². The number of halogens is 3. The van der Waals surface area contributed by atoms with E-state index in [2.05, 4.69) is 31.0 Å². The highest BCUT2D eigenvalue weighted by atomic mass is 19.4. The minimum atomic E-state index is -4.58. The molecule has 2 saturated heterocycles. The van der Waals surface area contributed by atoms with Crippen molar-refractivity contribution in [1.82, 2.24) is 30.0 Å². The molecule has 1 amide bonds. The van der Waals surface area contributed by atoms with Crippen molar-refractivity contribution in [3.05, 3.63) is 23.7 Å². The van der Waals surface area contributed by atoms with Crippen LogP contribution in [0.15, 0.2) is 12.4 Å². The normalized spacial score (nSPS) is 17.8. The summed E-state index contributed by atoms with van der Waals surface area (Å²) < 4.78 is 42.5. The second kappa shape index (κ2) is 10.6. The Kier molecular flexibility index (Phi) is 7.54. The number of carbonyl (C=O) groups is 1. The van der Waals surface area contributed by atoms with Gasteiger partial charge in [-0.15, -0.1) is 0 Å². The number of nitrogens with zero attached hydrogens (tertiary/aromatic N) is 5. The van der Waals surface area contributed by atoms with Crippen LogP contribution in [0.3, 0.4) is 0 Å². The Morgan fingerprint density at radius 2 is 2.03 bits per heavy atom. The van der Waals surface area contributed by atoms with Crippen molar-refractivity contribution in [3.63, 3.8) is 0 Å². The maximum absolute atomic E-state index is 13.5. The van der Waals surface area contributed by atoms with E-state index in [9.17, 15) is 18.0 Å². The number of likely N-dealkylation sites (tertiary alicyclic amines) is 1. The molecule has 0 saturated carbocycles. The van der Waals surface area contributed by atoms with Crippen molar-refractivity contribution >= 4 is 23.4 Å². The molecule has 2 aliphatic rings. The van der Waals surface area contributed by atoms with Crippen LogP contribution in [-0.2, 0) is 11.0 Å². The number of piperidine rings is 2. The van der Waals surface area contributed by atoms with Crippen molar-refractivity contribution in [2.24, 2.45) is 0 Å². The first-order chi connectivity index (χ1) is 16.3. The van der Waals surface area contributed by atoms with E-state index in [1.54, 1.807) is 4.90 Å². The van der Waals surface area contributed by atoms with E-state index in [1.165, 1.54) is 0 Å². The van der Waals surface area contributed by atoms with E-state index in [-0.39, 0.29) is 30.3 Å². The minimum Gasteiger partial charge on any atom is -0.369 e. The third-order valence-corrected chi connectivity index (χ3v) is 6.26. The monoisotopic (exact) mass is 480 g/mol. The van der Waals surface area contributed by atoms with Crippen molar-refractivity contribution in [2.75, 3.05) is 43.4 Å². The number of alkyl halides is 3. The number of hydrogen-bond donors (Lipinski definition) is 3. The summed E-state index contributed by atoms with van der Waals surface area (Å²) in [4.78, 5) is 21.7. The predicted octanol–water partition coefficient (Wildman–Crippen LogP) is 3.48. The van der Waals surface area contributed by atoms with E-state index in [1.807, 2.05) is 17.8 Å². The third-order valence-electron chi connectivity index (χ3n) is 6.26. The number of anilines is 3. The molecule has 186 valence electrons. The van der Waals surface area contributed by atoms with Gasteiger partial charge in [0.2, 0.25) is 11.9 Å². The second-order valence-corrected chi connectivity index (χ2v) is 8.79. The van der Waals surface area contributed by atoms with Crippen LogP contribution in [0.1, 0.15) is 55.8 Å². The van der Waals surface area contributed by atoms with E-state index in [4.69, 9.17) is 0 Å². The average molecular weight is 481 g/mol. The number of rotatable bonds is 8. The number of carbonyl (C=O) groups excluding carboxylic acids is 1. The molecule has 9 nitrogen and oxygen atoms in total. The summed E-state index contributed by atoms with van der Waals surface area (Å²) in [5, 5.41) is 13.7. The first kappa shape index (κ1) is 24.2. The summed E-state index contributed by atoms with van der Waals surface area (Å²) in [6, 6.07) is 0.285. The fourth-order valence-electron chi connectivity index (χ4n) is 4.34. The van der Waals surface area contributed by atoms with Crippen molar-refractivity contribution < 1.29 is 18.0 Å². The van der Waals surface area contributed by atoms with E-state index < -0.39 is 11.7 Å². The molecule has 2 aromatic heterocycles. The maximum Gasteiger partial charge on any atom is 0.421 e. The molecule has 0 aliphatic carbocycles. The zero-order chi connectivity index (χ0) is 24.1. The Morgan fingerprint density at radius 1 is 1.24 bits per heavy atom. The van der Waals surface area contributed by atoms with Gasteiger partial charge in [-0.05, 0) is 52.1 Å². The number of hydrogen-bond acceptors (Lipinski definition) is 7. The summed E-state index contributed by atoms with van der Waals surface area (Å²) in [6.45, 7) is 5.17. The molecular formula is C22H31F3N8O. The predicted molar refractivity (Wildman–Crippen MR) is 122 cm³/mol. The van der Waals surface area contributed by atoms with E-state index in [0.717, 1.165) is 50.7 Å². The van der Waals surface area contributed by atoms with Gasteiger partial charge >= 0.3 is 6.18 Å². The number of nitrogens with one attached hydrogen (secondary N) is 3. The van der Waals surface area contributed by atoms with Crippen molar-refractivity contribution in [2.45, 2.75) is 57.7 Å². The Bertz CT molecular complexity index is 987. The van der Waals surface area contributed by atoms with Crippen LogP contribution in [-0.4, -0.2) is 63.3 Å². The largest absolute Gasteiger partial charge is 0.421 e. The Morgan fingerprint density at radius 3 is 2.76 bits per heavy atom. The third kappa shape index (κ3) is 5.96. The van der Waals surface area contributed by atoms with Crippen molar-refractivity contribution in [3.8, 4) is 0 Å². The molecule has 0 atom stereocenters. The van der Waals surface area contributed by atoms with Gasteiger partial charge in [-0.25, -0.2) is 4.98 Å². The SMILES string of the molecule is Cc1nn(C2CCNCC2)cc1Nc1ncc(C(F)(F)F)c(NCCCN2CCCCC2=O)n1. The summed E-state index contributed by atoms with van der Waals surface area (Å²) in [6.07, 6.45) is 2.93. The summed E-state index contributed by atoms with van der Waals surface area (Å²) in [5.41, 5.74) is 0.463. The standard InChI is InChI=1S/C22H31F3N8O/c1-15-18(14-33(31-15)16-6-9-26-10-7-16)29-21-28-13-17(22(23,24)25)20(30-21)27-8-4-12-32-11-3-2-5-19(32)34/h13-14,16,26H,2-12H2,1H3,(H2,27,28,29,30). The van der Waals surface area contributed by atoms with Gasteiger partial charge in [0.15, 0.2) is 0 Å². The fraction of sp³-hybridized carbons (Fsp3) is 0.636. The molecule has 4 rings (SSSR count). The van der Waals surface area contributed by atoms with Gasteiger partial charge in [-0.2, -0.15) is 23.3 Å². The Labute approximate surface area is 196 Å². The quantitative estimate of drug-likeness (QED) is 0.498. The van der Waals surface area contributed by atoms with E-state index >= 15 is 0 Å². The molecule has 34 heavy (non-hydrogen) atoms. The fourth-order valence-corrected chi connectivity index (χ4v) is 4.34. The van der Waals surface area contributed by atoms with Gasteiger partial charge in [-0.1, -0.05) is 0 Å². The number of aromatic nitrogens is 4. The lowest BCUT2D eigenvalue weighted by molar-refractivity contribution is -0.137. The average Bonchev–Trinajstić information content (AvgIpc) is 3.18. The highest BCUT2D eigenvalue weighted by Crippen LogP contribution is 2.34. The Balaban J connectivity index is 1.43. The summed E-state index contributed by atoms with van der Waals surface area (Å²) in [7, 11) is 0. The van der Waals surface area contributed by atoms with Crippen LogP contribution in [0, 0.1) is 6.92 Å². The van der Waals surface area contributed by atoms with Crippen LogP contribution < -0.4 is 16.0 Å². The second-order valence-electron chi connectivity index (χ2n) is 8.79. The minimum absolute atomic E-state index is 0.0645. The molecule has 0 bridgehead atoms. The smallest absolute Gasteiger partial charge is 0.369 e. The maximum atomic E-state index is 13.5. The molecule has 0 radical (unpaired) electrons. The molecule has 0 aromatic carbocycles. The lowest BCUT2D eigenvalue weighted by atomic mass is 10.1. The molecular weight excluding hydrogens is 449 g/mol. The van der Waals surface area contributed by atoms with Crippen LogP contribution >= 0.6 is 0 Å². The first-order valence-corrected chi connectivity index (χ1v) is 11.8. The van der Waals surface area contributed by atoms with Crippen LogP contribution in [0.25, 0.3) is 0 Å².